The quantitative estimate of drug-likeness (QED) is 0.780. The zero-order chi connectivity index (χ0) is 16.8. The Morgan fingerprint density at radius 1 is 1.13 bits per heavy atom. The molecule has 0 fully saturated rings. The van der Waals surface area contributed by atoms with Crippen molar-refractivity contribution in [2.45, 2.75) is 17.1 Å². The van der Waals surface area contributed by atoms with Gasteiger partial charge in [0.15, 0.2) is 0 Å². The van der Waals surface area contributed by atoms with Crippen LogP contribution in [0.25, 0.3) is 0 Å². The largest absolute Gasteiger partial charge is 0.495 e. The van der Waals surface area contributed by atoms with E-state index in [9.17, 15) is 4.79 Å². The maximum atomic E-state index is 12.4. The van der Waals surface area contributed by atoms with Crippen LogP contribution in [-0.2, 0) is 4.79 Å². The van der Waals surface area contributed by atoms with Crippen molar-refractivity contribution in [1.82, 2.24) is 0 Å². The van der Waals surface area contributed by atoms with E-state index in [1.807, 2.05) is 37.3 Å². The zero-order valence-corrected chi connectivity index (χ0v) is 14.7. The Labute approximate surface area is 145 Å². The summed E-state index contributed by atoms with van der Waals surface area (Å²) in [4.78, 5) is 13.4. The molecule has 0 aromatic heterocycles. The standard InChI is InChI=1S/C17H18ClNO3S/c1-11(23-12-7-5-4-6-8-12)17(20)19-14-9-13(18)15(21-2)10-16(14)22-3/h4-11H,1-3H3,(H,19,20). The summed E-state index contributed by atoms with van der Waals surface area (Å²) < 4.78 is 10.4. The Hall–Kier alpha value is -1.85. The third-order valence-electron chi connectivity index (χ3n) is 3.16. The minimum absolute atomic E-state index is 0.126. The van der Waals surface area contributed by atoms with Gasteiger partial charge in [-0.15, -0.1) is 11.8 Å². The van der Waals surface area contributed by atoms with Gasteiger partial charge in [0.1, 0.15) is 11.5 Å². The van der Waals surface area contributed by atoms with Crippen molar-refractivity contribution >= 4 is 35.0 Å². The molecule has 0 aliphatic carbocycles. The number of ether oxygens (including phenoxy) is 2. The van der Waals surface area contributed by atoms with Crippen molar-refractivity contribution in [3.05, 3.63) is 47.5 Å². The van der Waals surface area contributed by atoms with E-state index in [1.54, 1.807) is 12.1 Å². The lowest BCUT2D eigenvalue weighted by Crippen LogP contribution is -2.22. The van der Waals surface area contributed by atoms with Gasteiger partial charge in [-0.25, -0.2) is 0 Å². The summed E-state index contributed by atoms with van der Waals surface area (Å²) in [6.07, 6.45) is 0. The molecular weight excluding hydrogens is 334 g/mol. The predicted octanol–water partition coefficient (Wildman–Crippen LogP) is 4.48. The molecular formula is C17H18ClNO3S. The number of carbonyl (C=O) groups excluding carboxylic acids is 1. The second kappa shape index (κ2) is 8.13. The molecule has 1 unspecified atom stereocenters. The molecule has 0 saturated heterocycles. The van der Waals surface area contributed by atoms with Gasteiger partial charge in [-0.3, -0.25) is 4.79 Å². The first-order valence-corrected chi connectivity index (χ1v) is 8.25. The number of anilines is 1. The van der Waals surface area contributed by atoms with Crippen molar-refractivity contribution in [3.63, 3.8) is 0 Å². The molecule has 0 spiro atoms. The van der Waals surface area contributed by atoms with E-state index in [-0.39, 0.29) is 11.2 Å². The number of methoxy groups -OCH3 is 2. The minimum atomic E-state index is -0.261. The predicted molar refractivity (Wildman–Crippen MR) is 94.9 cm³/mol. The van der Waals surface area contributed by atoms with Crippen molar-refractivity contribution in [3.8, 4) is 11.5 Å². The number of amides is 1. The molecule has 2 rings (SSSR count). The molecule has 1 N–H and O–H groups in total. The first-order valence-electron chi connectivity index (χ1n) is 6.99. The third kappa shape index (κ3) is 4.56. The molecule has 1 atom stereocenters. The normalized spacial score (nSPS) is 11.7. The summed E-state index contributed by atoms with van der Waals surface area (Å²) in [6.45, 7) is 1.85. The topological polar surface area (TPSA) is 47.6 Å². The average molecular weight is 352 g/mol. The molecule has 0 bridgehead atoms. The van der Waals surface area contributed by atoms with Gasteiger partial charge >= 0.3 is 0 Å². The Morgan fingerprint density at radius 3 is 2.39 bits per heavy atom. The lowest BCUT2D eigenvalue weighted by atomic mass is 10.2. The first kappa shape index (κ1) is 17.5. The van der Waals surface area contributed by atoms with Crippen LogP contribution in [0.15, 0.2) is 47.4 Å². The number of hydrogen-bond donors (Lipinski definition) is 1. The molecule has 23 heavy (non-hydrogen) atoms. The highest BCUT2D eigenvalue weighted by Gasteiger charge is 2.18. The molecule has 0 aliphatic rings. The Bertz CT molecular complexity index is 679. The smallest absolute Gasteiger partial charge is 0.237 e. The fourth-order valence-electron chi connectivity index (χ4n) is 1.95. The second-order valence-electron chi connectivity index (χ2n) is 4.75. The molecule has 2 aromatic rings. The molecule has 122 valence electrons. The van der Waals surface area contributed by atoms with Crippen LogP contribution in [0, 0.1) is 0 Å². The molecule has 0 radical (unpaired) electrons. The lowest BCUT2D eigenvalue weighted by molar-refractivity contribution is -0.115. The van der Waals surface area contributed by atoms with E-state index in [0.29, 0.717) is 22.2 Å². The summed E-state index contributed by atoms with van der Waals surface area (Å²) >= 11 is 7.60. The number of rotatable bonds is 6. The summed E-state index contributed by atoms with van der Waals surface area (Å²) in [7, 11) is 3.05. The number of thioether (sulfide) groups is 1. The van der Waals surface area contributed by atoms with Crippen molar-refractivity contribution in [1.29, 1.82) is 0 Å². The minimum Gasteiger partial charge on any atom is -0.495 e. The highest BCUT2D eigenvalue weighted by molar-refractivity contribution is 8.00. The fourth-order valence-corrected chi connectivity index (χ4v) is 3.08. The highest BCUT2D eigenvalue weighted by atomic mass is 35.5. The number of nitrogens with one attached hydrogen (secondary N) is 1. The molecule has 1 amide bonds. The molecule has 4 nitrogen and oxygen atoms in total. The van der Waals surface area contributed by atoms with Crippen LogP contribution in [-0.4, -0.2) is 25.4 Å². The highest BCUT2D eigenvalue weighted by Crippen LogP contribution is 2.36. The van der Waals surface area contributed by atoms with Crippen LogP contribution >= 0.6 is 23.4 Å². The number of benzene rings is 2. The zero-order valence-electron chi connectivity index (χ0n) is 13.1. The Morgan fingerprint density at radius 2 is 1.78 bits per heavy atom. The van der Waals surface area contributed by atoms with Crippen LogP contribution in [0.4, 0.5) is 5.69 Å². The van der Waals surface area contributed by atoms with Crippen molar-refractivity contribution < 1.29 is 14.3 Å². The van der Waals surface area contributed by atoms with E-state index >= 15 is 0 Å². The van der Waals surface area contributed by atoms with E-state index < -0.39 is 0 Å². The van der Waals surface area contributed by atoms with Crippen LogP contribution in [0.1, 0.15) is 6.92 Å². The van der Waals surface area contributed by atoms with E-state index in [4.69, 9.17) is 21.1 Å². The number of halogens is 1. The number of hydrogen-bond acceptors (Lipinski definition) is 4. The average Bonchev–Trinajstić information content (AvgIpc) is 2.56. The summed E-state index contributed by atoms with van der Waals surface area (Å²) in [5.41, 5.74) is 0.517. The Kier molecular flexibility index (Phi) is 6.19. The van der Waals surface area contributed by atoms with Gasteiger partial charge < -0.3 is 14.8 Å². The molecule has 6 heteroatoms. The van der Waals surface area contributed by atoms with Gasteiger partial charge in [0, 0.05) is 11.0 Å². The molecule has 2 aromatic carbocycles. The van der Waals surface area contributed by atoms with Crippen LogP contribution in [0.2, 0.25) is 5.02 Å². The summed E-state index contributed by atoms with van der Waals surface area (Å²) in [6, 6.07) is 13.0. The van der Waals surface area contributed by atoms with Gasteiger partial charge in [-0.1, -0.05) is 29.8 Å². The maximum absolute atomic E-state index is 12.4. The SMILES string of the molecule is COc1cc(OC)c(NC(=O)C(C)Sc2ccccc2)cc1Cl. The lowest BCUT2D eigenvalue weighted by Gasteiger charge is -2.15. The van der Waals surface area contributed by atoms with Gasteiger partial charge in [-0.2, -0.15) is 0 Å². The van der Waals surface area contributed by atoms with Crippen molar-refractivity contribution in [2.75, 3.05) is 19.5 Å². The van der Waals surface area contributed by atoms with E-state index in [0.717, 1.165) is 4.90 Å². The van der Waals surface area contributed by atoms with Crippen LogP contribution in [0.5, 0.6) is 11.5 Å². The summed E-state index contributed by atoms with van der Waals surface area (Å²) in [5, 5.41) is 3.00. The van der Waals surface area contributed by atoms with Crippen molar-refractivity contribution in [2.24, 2.45) is 0 Å². The summed E-state index contributed by atoms with van der Waals surface area (Å²) in [5.74, 6) is 0.864. The van der Waals surface area contributed by atoms with Gasteiger partial charge in [0.2, 0.25) is 5.91 Å². The number of carbonyl (C=O) groups is 1. The molecule has 0 saturated carbocycles. The molecule has 0 heterocycles. The molecule has 0 aliphatic heterocycles. The third-order valence-corrected chi connectivity index (χ3v) is 4.56. The first-order chi connectivity index (χ1) is 11.0. The van der Waals surface area contributed by atoms with Gasteiger partial charge in [0.05, 0.1) is 30.2 Å². The second-order valence-corrected chi connectivity index (χ2v) is 6.57. The maximum Gasteiger partial charge on any atom is 0.237 e. The fraction of sp³-hybridized carbons (Fsp3) is 0.235. The Balaban J connectivity index is 2.11. The van der Waals surface area contributed by atoms with E-state index in [1.165, 1.54) is 26.0 Å². The van der Waals surface area contributed by atoms with Gasteiger partial charge in [0.25, 0.3) is 0 Å². The van der Waals surface area contributed by atoms with Crippen LogP contribution in [0.3, 0.4) is 0 Å². The van der Waals surface area contributed by atoms with Gasteiger partial charge in [-0.05, 0) is 25.1 Å². The monoisotopic (exact) mass is 351 g/mol. The van der Waals surface area contributed by atoms with Crippen LogP contribution < -0.4 is 14.8 Å². The van der Waals surface area contributed by atoms with E-state index in [2.05, 4.69) is 5.32 Å².